The van der Waals surface area contributed by atoms with Crippen LogP contribution in [0.25, 0.3) is 0 Å². The SMILES string of the molecule is NC(=O)N(N)c1ccc(N(N)C(N)=O)c(N=O)c1. The monoisotopic (exact) mass is 253 g/mol. The fourth-order valence-corrected chi connectivity index (χ4v) is 1.18. The first kappa shape index (κ1) is 13.3. The molecule has 0 bridgehead atoms. The Morgan fingerprint density at radius 2 is 1.61 bits per heavy atom. The molecule has 0 atom stereocenters. The molecule has 0 aliphatic rings. The molecule has 1 aromatic carbocycles. The number of rotatable bonds is 3. The molecule has 0 saturated carbocycles. The highest BCUT2D eigenvalue weighted by Crippen LogP contribution is 2.31. The number of nitroso groups, excluding NO2 is 1. The average Bonchev–Trinajstić information content (AvgIpc) is 2.35. The fourth-order valence-electron chi connectivity index (χ4n) is 1.18. The van der Waals surface area contributed by atoms with E-state index >= 15 is 0 Å². The van der Waals surface area contributed by atoms with Gasteiger partial charge in [-0.25, -0.2) is 31.3 Å². The zero-order chi connectivity index (χ0) is 13.9. The molecule has 96 valence electrons. The van der Waals surface area contributed by atoms with Crippen molar-refractivity contribution in [1.82, 2.24) is 0 Å². The second kappa shape index (κ2) is 5.07. The maximum absolute atomic E-state index is 10.9. The summed E-state index contributed by atoms with van der Waals surface area (Å²) in [4.78, 5) is 32.3. The van der Waals surface area contributed by atoms with E-state index in [1.807, 2.05) is 0 Å². The number of nitrogens with two attached hydrogens (primary N) is 4. The molecule has 0 aromatic heterocycles. The van der Waals surface area contributed by atoms with Crippen LogP contribution in [0.4, 0.5) is 26.7 Å². The summed E-state index contributed by atoms with van der Waals surface area (Å²) < 4.78 is 0. The highest BCUT2D eigenvalue weighted by Gasteiger charge is 2.16. The van der Waals surface area contributed by atoms with Gasteiger partial charge in [0.25, 0.3) is 0 Å². The number of hydrogen-bond acceptors (Lipinski definition) is 6. The summed E-state index contributed by atoms with van der Waals surface area (Å²) in [5.41, 5.74) is 9.76. The highest BCUT2D eigenvalue weighted by atomic mass is 16.3. The second-order valence-electron chi connectivity index (χ2n) is 3.18. The average molecular weight is 253 g/mol. The Morgan fingerprint density at radius 3 is 2.06 bits per heavy atom. The van der Waals surface area contributed by atoms with Crippen LogP contribution in [0.2, 0.25) is 0 Å². The smallest absolute Gasteiger partial charge is 0.333 e. The molecular formula is C8H11N7O3. The van der Waals surface area contributed by atoms with Crippen molar-refractivity contribution >= 4 is 29.1 Å². The van der Waals surface area contributed by atoms with E-state index in [1.165, 1.54) is 12.1 Å². The maximum atomic E-state index is 10.9. The van der Waals surface area contributed by atoms with Crippen molar-refractivity contribution in [3.8, 4) is 0 Å². The van der Waals surface area contributed by atoms with Gasteiger partial charge in [0.05, 0.1) is 11.4 Å². The van der Waals surface area contributed by atoms with Gasteiger partial charge in [-0.2, -0.15) is 0 Å². The van der Waals surface area contributed by atoms with Gasteiger partial charge in [0.15, 0.2) is 0 Å². The second-order valence-corrected chi connectivity index (χ2v) is 3.18. The quantitative estimate of drug-likeness (QED) is 0.247. The Kier molecular flexibility index (Phi) is 3.76. The molecule has 0 radical (unpaired) electrons. The zero-order valence-corrected chi connectivity index (χ0v) is 9.11. The van der Waals surface area contributed by atoms with Crippen LogP contribution in [0.1, 0.15) is 0 Å². The lowest BCUT2D eigenvalue weighted by molar-refractivity contribution is 0.253. The molecule has 0 spiro atoms. The van der Waals surface area contributed by atoms with E-state index in [9.17, 15) is 14.5 Å². The fraction of sp³-hybridized carbons (Fsp3) is 0. The Labute approximate surface area is 101 Å². The molecule has 4 amide bonds. The number of carbonyl (C=O) groups is 2. The lowest BCUT2D eigenvalue weighted by atomic mass is 10.2. The van der Waals surface area contributed by atoms with Crippen molar-refractivity contribution in [2.45, 2.75) is 0 Å². The summed E-state index contributed by atoms with van der Waals surface area (Å²) in [6.45, 7) is 0. The molecule has 0 fully saturated rings. The molecule has 0 aliphatic carbocycles. The lowest BCUT2D eigenvalue weighted by Crippen LogP contribution is -2.42. The third kappa shape index (κ3) is 2.50. The van der Waals surface area contributed by atoms with E-state index in [4.69, 9.17) is 23.2 Å². The summed E-state index contributed by atoms with van der Waals surface area (Å²) in [7, 11) is 0. The van der Waals surface area contributed by atoms with Crippen molar-refractivity contribution < 1.29 is 9.59 Å². The van der Waals surface area contributed by atoms with Crippen LogP contribution in [0.3, 0.4) is 0 Å². The van der Waals surface area contributed by atoms with Crippen LogP contribution in [0.5, 0.6) is 0 Å². The van der Waals surface area contributed by atoms with Gasteiger partial charge < -0.3 is 11.5 Å². The van der Waals surface area contributed by atoms with Crippen molar-refractivity contribution in [3.05, 3.63) is 23.1 Å². The molecule has 10 nitrogen and oxygen atoms in total. The Hall–Kier alpha value is -2.72. The van der Waals surface area contributed by atoms with Gasteiger partial charge in [-0.3, -0.25) is 0 Å². The molecule has 18 heavy (non-hydrogen) atoms. The Morgan fingerprint density at radius 1 is 1.06 bits per heavy atom. The zero-order valence-electron chi connectivity index (χ0n) is 9.11. The predicted octanol–water partition coefficient (Wildman–Crippen LogP) is -0.398. The van der Waals surface area contributed by atoms with E-state index in [0.29, 0.717) is 10.0 Å². The molecule has 1 rings (SSSR count). The predicted molar refractivity (Wildman–Crippen MR) is 64.4 cm³/mol. The number of hydrogen-bond donors (Lipinski definition) is 4. The molecule has 10 heteroatoms. The summed E-state index contributed by atoms with van der Waals surface area (Å²) >= 11 is 0. The third-order valence-electron chi connectivity index (χ3n) is 2.07. The van der Waals surface area contributed by atoms with Crippen LogP contribution in [-0.4, -0.2) is 12.1 Å². The van der Waals surface area contributed by atoms with E-state index in [2.05, 4.69) is 5.18 Å². The van der Waals surface area contributed by atoms with Crippen molar-refractivity contribution in [1.29, 1.82) is 0 Å². The first-order valence-corrected chi connectivity index (χ1v) is 4.54. The number of amides is 4. The Bertz CT molecular complexity index is 503. The van der Waals surface area contributed by atoms with Gasteiger partial charge in [-0.15, -0.1) is 4.91 Å². The first-order chi connectivity index (χ1) is 8.38. The van der Waals surface area contributed by atoms with E-state index in [-0.39, 0.29) is 17.1 Å². The normalized spacial score (nSPS) is 9.67. The Balaban J connectivity index is 3.23. The van der Waals surface area contributed by atoms with Gasteiger partial charge in [-0.1, -0.05) is 0 Å². The van der Waals surface area contributed by atoms with Crippen LogP contribution < -0.4 is 33.2 Å². The van der Waals surface area contributed by atoms with Gasteiger partial charge in [-0.05, 0) is 23.4 Å². The van der Waals surface area contributed by atoms with E-state index in [1.54, 1.807) is 0 Å². The highest BCUT2D eigenvalue weighted by molar-refractivity contribution is 5.95. The first-order valence-electron chi connectivity index (χ1n) is 4.54. The number of nitrogens with zero attached hydrogens (tertiary/aromatic N) is 3. The third-order valence-corrected chi connectivity index (χ3v) is 2.07. The topological polar surface area (TPSA) is 174 Å². The summed E-state index contributed by atoms with van der Waals surface area (Å²) in [5.74, 6) is 10.6. The van der Waals surface area contributed by atoms with Crippen molar-refractivity contribution in [2.75, 3.05) is 10.0 Å². The molecule has 0 saturated heterocycles. The van der Waals surface area contributed by atoms with E-state index in [0.717, 1.165) is 6.07 Å². The van der Waals surface area contributed by atoms with Crippen LogP contribution >= 0.6 is 0 Å². The van der Waals surface area contributed by atoms with Gasteiger partial charge in [0, 0.05) is 0 Å². The van der Waals surface area contributed by atoms with Crippen LogP contribution in [0.15, 0.2) is 23.4 Å². The molecular weight excluding hydrogens is 242 g/mol. The standard InChI is InChI=1S/C8H11N7O3/c9-7(16)14(11)4-1-2-6(5(3-4)13-18)15(12)8(10)17/h1-3H,11-12H2,(H2,9,16)(H2,10,17). The molecule has 0 aliphatic heterocycles. The minimum Gasteiger partial charge on any atom is -0.350 e. The number of hydrazine groups is 2. The summed E-state index contributed by atoms with van der Waals surface area (Å²) in [6.07, 6.45) is 0. The van der Waals surface area contributed by atoms with Gasteiger partial charge in [0.2, 0.25) is 0 Å². The molecule has 1 aromatic rings. The number of primary amides is 2. The summed E-state index contributed by atoms with van der Waals surface area (Å²) in [5, 5.41) is 3.80. The number of urea groups is 2. The van der Waals surface area contributed by atoms with Gasteiger partial charge >= 0.3 is 12.1 Å². The van der Waals surface area contributed by atoms with Gasteiger partial charge in [0.1, 0.15) is 5.69 Å². The number of benzene rings is 1. The van der Waals surface area contributed by atoms with Crippen molar-refractivity contribution in [2.24, 2.45) is 28.3 Å². The molecule has 0 unspecified atom stereocenters. The largest absolute Gasteiger partial charge is 0.350 e. The van der Waals surface area contributed by atoms with Crippen molar-refractivity contribution in [3.63, 3.8) is 0 Å². The van der Waals surface area contributed by atoms with E-state index < -0.39 is 12.1 Å². The molecule has 0 heterocycles. The number of carbonyl (C=O) groups excluding carboxylic acids is 2. The molecule has 8 N–H and O–H groups in total. The minimum absolute atomic E-state index is 0.0286. The van der Waals surface area contributed by atoms with Crippen LogP contribution in [-0.2, 0) is 0 Å². The summed E-state index contributed by atoms with van der Waals surface area (Å²) in [6, 6.07) is 1.79. The number of anilines is 2. The maximum Gasteiger partial charge on any atom is 0.333 e. The van der Waals surface area contributed by atoms with Crippen LogP contribution in [0, 0.1) is 4.91 Å². The lowest BCUT2D eigenvalue weighted by Gasteiger charge is -2.18. The minimum atomic E-state index is -0.979.